The third-order valence-corrected chi connectivity index (χ3v) is 5.67. The Bertz CT molecular complexity index is 1330. The number of aromatic nitrogens is 2. The Morgan fingerprint density at radius 2 is 1.77 bits per heavy atom. The van der Waals surface area contributed by atoms with Crippen molar-refractivity contribution >= 4 is 35.2 Å². The number of carbonyl (C=O) groups excluding carboxylic acids is 1. The van der Waals surface area contributed by atoms with Crippen LogP contribution in [0.5, 0.6) is 5.75 Å². The van der Waals surface area contributed by atoms with Gasteiger partial charge < -0.3 is 56.3 Å². The molecule has 0 unspecified atom stereocenters. The molecule has 11 N–H and O–H groups in total. The van der Waals surface area contributed by atoms with Crippen LogP contribution in [-0.4, -0.2) is 87.6 Å². The van der Waals surface area contributed by atoms with Crippen molar-refractivity contribution in [1.82, 2.24) is 9.97 Å². The topological polar surface area (TPSA) is 260 Å². The maximum absolute atomic E-state index is 10.6. The number of hydrogen-bond donors (Lipinski definition) is 10. The molecule has 0 fully saturated rings. The number of aromatic hydroxyl groups is 1. The molecule has 3 aromatic rings. The van der Waals surface area contributed by atoms with Gasteiger partial charge in [0.25, 0.3) is 0 Å². The molecule has 4 rings (SSSR count). The molecule has 40 heavy (non-hydrogen) atoms. The summed E-state index contributed by atoms with van der Waals surface area (Å²) in [7, 11) is 0. The zero-order chi connectivity index (χ0) is 29.3. The molecule has 1 aliphatic rings. The number of nitrogens with one attached hydrogen (secondary N) is 1. The molecule has 15 heteroatoms. The number of aryl methyl sites for hydroxylation is 1. The van der Waals surface area contributed by atoms with Gasteiger partial charge in [0.15, 0.2) is 11.9 Å². The zero-order valence-electron chi connectivity index (χ0n) is 21.3. The van der Waals surface area contributed by atoms with Crippen LogP contribution in [-0.2, 0) is 34.0 Å². The highest BCUT2D eigenvalue weighted by Gasteiger charge is 2.38. The number of hydrogen-bond acceptors (Lipinski definition) is 12. The smallest absolute Gasteiger partial charge is 0.377 e. The number of pyridine rings is 1. The van der Waals surface area contributed by atoms with Gasteiger partial charge in [-0.3, -0.25) is 9.78 Å². The Labute approximate surface area is 234 Å². The maximum Gasteiger partial charge on any atom is 0.377 e. The van der Waals surface area contributed by atoms with E-state index in [4.69, 9.17) is 41.5 Å². The van der Waals surface area contributed by atoms with E-state index in [1.165, 1.54) is 6.20 Å². The lowest BCUT2D eigenvalue weighted by atomic mass is 10.1. The number of cyclic esters (lactones) is 1. The van der Waals surface area contributed by atoms with Crippen molar-refractivity contribution < 1.29 is 55.2 Å². The number of halogens is 1. The number of rotatable bonds is 7. The molecule has 0 aliphatic carbocycles. The lowest BCUT2D eigenvalue weighted by molar-refractivity contribution is -0.147. The lowest BCUT2D eigenvalue weighted by Crippen LogP contribution is -2.32. The van der Waals surface area contributed by atoms with Crippen LogP contribution in [0.4, 0.5) is 0 Å². The number of ether oxygens (including phenoxy) is 1. The molecule has 220 valence electrons. The number of nitrogens with two attached hydrogens (primary N) is 1. The van der Waals surface area contributed by atoms with Gasteiger partial charge in [0.2, 0.25) is 5.76 Å². The number of para-hydroxylation sites is 1. The predicted octanol–water partition coefficient (Wildman–Crippen LogP) is 0.217. The number of H-pyrrole nitrogens is 1. The van der Waals surface area contributed by atoms with E-state index in [0.29, 0.717) is 23.2 Å². The average Bonchev–Trinajstić information content (AvgIpc) is 3.46. The van der Waals surface area contributed by atoms with Gasteiger partial charge in [-0.25, -0.2) is 4.79 Å². The van der Waals surface area contributed by atoms with Gasteiger partial charge in [0.05, 0.1) is 25.5 Å². The van der Waals surface area contributed by atoms with E-state index in [2.05, 4.69) is 14.7 Å². The van der Waals surface area contributed by atoms with Crippen LogP contribution >= 0.6 is 12.4 Å². The molecule has 0 saturated heterocycles. The minimum atomic E-state index is -1.42. The molecule has 3 atom stereocenters. The summed E-state index contributed by atoms with van der Waals surface area (Å²) in [6.45, 7) is 0.451. The third-order valence-electron chi connectivity index (χ3n) is 5.67. The number of nitrogens with zero attached hydrogens (tertiary/aromatic N) is 1. The number of aliphatic hydroxyl groups is 6. The fraction of sp³-hybridized carbons (Fsp3) is 0.320. The molecule has 0 amide bonds. The van der Waals surface area contributed by atoms with Gasteiger partial charge in [-0.05, 0) is 18.6 Å². The van der Waals surface area contributed by atoms with Gasteiger partial charge in [0, 0.05) is 40.8 Å². The highest BCUT2D eigenvalue weighted by molar-refractivity contribution is 5.89. The Morgan fingerprint density at radius 1 is 1.12 bits per heavy atom. The number of fused-ring (bicyclic) bond motifs is 1. The molecule has 2 aromatic heterocycles. The van der Waals surface area contributed by atoms with Crippen molar-refractivity contribution in [1.29, 1.82) is 0 Å². The van der Waals surface area contributed by atoms with Crippen LogP contribution in [0.1, 0.15) is 22.4 Å². The molecule has 14 nitrogen and oxygen atoms in total. The minimum absolute atomic E-state index is 0. The first-order valence-corrected chi connectivity index (χ1v) is 11.5. The Morgan fingerprint density at radius 3 is 2.30 bits per heavy atom. The van der Waals surface area contributed by atoms with E-state index in [-0.39, 0.29) is 31.4 Å². The predicted molar refractivity (Wildman–Crippen MR) is 143 cm³/mol. The summed E-state index contributed by atoms with van der Waals surface area (Å²) in [5.74, 6) is -3.79. The highest BCUT2D eigenvalue weighted by atomic mass is 35.5. The highest BCUT2D eigenvalue weighted by Crippen LogP contribution is 2.23. The van der Waals surface area contributed by atoms with E-state index >= 15 is 0 Å². The number of aliphatic carboxylic acids is 1. The first-order valence-electron chi connectivity index (χ1n) is 11.5. The van der Waals surface area contributed by atoms with Crippen LogP contribution in [0, 0.1) is 6.92 Å². The fourth-order valence-corrected chi connectivity index (χ4v) is 3.44. The number of benzene rings is 1. The first kappa shape index (κ1) is 34.1. The van der Waals surface area contributed by atoms with E-state index in [1.54, 1.807) is 6.92 Å². The number of aliphatic hydroxyl groups excluding tert-OH is 6. The summed E-state index contributed by atoms with van der Waals surface area (Å²) in [5, 5.41) is 71.8. The Hall–Kier alpha value is -3.92. The Balaban J connectivity index is 0.000000299. The summed E-state index contributed by atoms with van der Waals surface area (Å²) in [6, 6.07) is 6.91. The molecule has 0 spiro atoms. The summed E-state index contributed by atoms with van der Waals surface area (Å²) < 4.78 is 4.32. The fourth-order valence-electron chi connectivity index (χ4n) is 3.44. The third kappa shape index (κ3) is 8.29. The quantitative estimate of drug-likeness (QED) is 0.166. The van der Waals surface area contributed by atoms with Crippen molar-refractivity contribution in [2.24, 2.45) is 5.73 Å². The zero-order valence-corrected chi connectivity index (χ0v) is 22.1. The van der Waals surface area contributed by atoms with Crippen molar-refractivity contribution in [3.8, 4) is 5.75 Å². The summed E-state index contributed by atoms with van der Waals surface area (Å²) >= 11 is 0. The second kappa shape index (κ2) is 15.6. The minimum Gasteiger partial charge on any atom is -0.506 e. The molecule has 1 aromatic carbocycles. The molecule has 0 bridgehead atoms. The normalized spacial score (nSPS) is 15.7. The van der Waals surface area contributed by atoms with Crippen molar-refractivity contribution in [3.05, 3.63) is 70.6 Å². The lowest BCUT2D eigenvalue weighted by Gasteiger charge is -2.13. The number of carboxylic acids is 1. The second-order valence-electron chi connectivity index (χ2n) is 8.33. The monoisotopic (exact) mass is 585 g/mol. The molecular formula is C25H32ClN3O11. The van der Waals surface area contributed by atoms with Gasteiger partial charge >= 0.3 is 11.9 Å². The molecule has 3 heterocycles. The van der Waals surface area contributed by atoms with Crippen LogP contribution in [0.2, 0.25) is 0 Å². The molecule has 0 radical (unpaired) electrons. The van der Waals surface area contributed by atoms with E-state index in [9.17, 15) is 14.7 Å². The van der Waals surface area contributed by atoms with Crippen LogP contribution in [0.3, 0.4) is 0 Å². The second-order valence-corrected chi connectivity index (χ2v) is 8.33. The van der Waals surface area contributed by atoms with Crippen molar-refractivity contribution in [2.45, 2.75) is 44.8 Å². The summed E-state index contributed by atoms with van der Waals surface area (Å²) in [6.07, 6.45) is 0.828. The number of carboxylic acid groups (broad SMARTS) is 1. The Kier molecular flexibility index (Phi) is 13.3. The summed E-state index contributed by atoms with van der Waals surface area (Å²) in [4.78, 5) is 28.1. The van der Waals surface area contributed by atoms with E-state index < -0.39 is 48.3 Å². The first-order chi connectivity index (χ1) is 18.5. The van der Waals surface area contributed by atoms with Crippen LogP contribution in [0.15, 0.2) is 48.2 Å². The van der Waals surface area contributed by atoms with E-state index in [1.807, 2.05) is 30.5 Å². The number of esters is 1. The maximum atomic E-state index is 10.6. The molecule has 0 saturated carbocycles. The van der Waals surface area contributed by atoms with Gasteiger partial charge in [-0.2, -0.15) is 0 Å². The van der Waals surface area contributed by atoms with Crippen LogP contribution in [0.25, 0.3) is 10.9 Å². The largest absolute Gasteiger partial charge is 0.506 e. The standard InChI is InChI=1S/C11H12N2O2.C8H11NO3.C6H8O6.ClH/c12-9(11(14)15)5-7-6-13-10-4-2-1-3-8(7)10;1-5-8(12)7(4-11)6(3-10)2-9-5;7-1-2(8)5-3(9)4(10)6(11)12-5;/h1-4,6,9,13H,5,12H2,(H,14,15);2,10-12H,3-4H2,1H3;2,5,7-10H,1H2;1H/t9-;;2-,5+;/m0.0./s1. The SMILES string of the molecule is Cc1ncc(CO)c(CO)c1O.Cl.N[C@@H](Cc1c[nH]c2ccccc12)C(=O)O.O=C1O[C@H]([C@@H](O)CO)C(O)=C1O. The van der Waals surface area contributed by atoms with Crippen LogP contribution < -0.4 is 5.73 Å². The van der Waals surface area contributed by atoms with Gasteiger partial charge in [-0.15, -0.1) is 12.4 Å². The average molecular weight is 586 g/mol. The van der Waals surface area contributed by atoms with Crippen molar-refractivity contribution in [3.63, 3.8) is 0 Å². The molecular weight excluding hydrogens is 554 g/mol. The van der Waals surface area contributed by atoms with Gasteiger partial charge in [-0.1, -0.05) is 18.2 Å². The van der Waals surface area contributed by atoms with Gasteiger partial charge in [0.1, 0.15) is 17.9 Å². The van der Waals surface area contributed by atoms with Crippen molar-refractivity contribution in [2.75, 3.05) is 6.61 Å². The summed E-state index contributed by atoms with van der Waals surface area (Å²) in [5.41, 5.74) is 8.70. The number of aromatic amines is 1. The van der Waals surface area contributed by atoms with E-state index in [0.717, 1.165) is 16.5 Å². The molecule has 1 aliphatic heterocycles. The number of carbonyl (C=O) groups is 2.